The van der Waals surface area contributed by atoms with Crippen LogP contribution in [0.2, 0.25) is 5.02 Å². The second kappa shape index (κ2) is 6.18. The van der Waals surface area contributed by atoms with Crippen molar-refractivity contribution in [3.63, 3.8) is 0 Å². The lowest BCUT2D eigenvalue weighted by Gasteiger charge is -2.36. The summed E-state index contributed by atoms with van der Waals surface area (Å²) in [5.74, 6) is 0.693. The third-order valence-corrected chi connectivity index (χ3v) is 5.20. The SMILES string of the molecule is O=C(NCc1ccccc1Cl)C1C[C@H]2CCC[C@@H](C1)C2=O. The molecule has 0 saturated heterocycles. The monoisotopic (exact) mass is 305 g/mol. The van der Waals surface area contributed by atoms with Gasteiger partial charge in [0.05, 0.1) is 0 Å². The zero-order valence-corrected chi connectivity index (χ0v) is 12.7. The Labute approximate surface area is 130 Å². The molecular formula is C17H20ClNO2. The first-order valence-electron chi connectivity index (χ1n) is 7.70. The summed E-state index contributed by atoms with van der Waals surface area (Å²) < 4.78 is 0. The van der Waals surface area contributed by atoms with Crippen LogP contribution in [-0.2, 0) is 16.1 Å². The number of Topliss-reactive ketones (excluding diaryl/α,β-unsaturated/α-hetero) is 1. The van der Waals surface area contributed by atoms with E-state index in [0.717, 1.165) is 37.7 Å². The smallest absolute Gasteiger partial charge is 0.223 e. The van der Waals surface area contributed by atoms with Gasteiger partial charge in [-0.05, 0) is 37.3 Å². The van der Waals surface area contributed by atoms with Gasteiger partial charge in [-0.15, -0.1) is 0 Å². The van der Waals surface area contributed by atoms with E-state index in [9.17, 15) is 9.59 Å². The van der Waals surface area contributed by atoms with Gasteiger partial charge in [0.2, 0.25) is 5.91 Å². The van der Waals surface area contributed by atoms with Crippen LogP contribution in [-0.4, -0.2) is 11.7 Å². The van der Waals surface area contributed by atoms with Crippen molar-refractivity contribution in [3.05, 3.63) is 34.9 Å². The van der Waals surface area contributed by atoms with Gasteiger partial charge >= 0.3 is 0 Å². The van der Waals surface area contributed by atoms with Gasteiger partial charge in [-0.1, -0.05) is 36.2 Å². The van der Waals surface area contributed by atoms with E-state index in [-0.39, 0.29) is 23.7 Å². The van der Waals surface area contributed by atoms with Gasteiger partial charge in [-0.3, -0.25) is 9.59 Å². The van der Waals surface area contributed by atoms with Crippen LogP contribution < -0.4 is 5.32 Å². The van der Waals surface area contributed by atoms with Crippen LogP contribution >= 0.6 is 11.6 Å². The van der Waals surface area contributed by atoms with E-state index in [4.69, 9.17) is 11.6 Å². The number of benzene rings is 1. The van der Waals surface area contributed by atoms with Crippen LogP contribution in [0.15, 0.2) is 24.3 Å². The third-order valence-electron chi connectivity index (χ3n) is 4.83. The molecule has 1 aromatic rings. The quantitative estimate of drug-likeness (QED) is 0.931. The van der Waals surface area contributed by atoms with Crippen LogP contribution in [0.1, 0.15) is 37.7 Å². The zero-order chi connectivity index (χ0) is 14.8. The Morgan fingerprint density at radius 1 is 1.19 bits per heavy atom. The molecule has 112 valence electrons. The number of nitrogens with one attached hydrogen (secondary N) is 1. The molecule has 1 aromatic carbocycles. The second-order valence-corrected chi connectivity index (χ2v) is 6.61. The number of hydrogen-bond acceptors (Lipinski definition) is 2. The maximum Gasteiger partial charge on any atom is 0.223 e. The van der Waals surface area contributed by atoms with E-state index in [1.807, 2.05) is 24.3 Å². The molecule has 0 aromatic heterocycles. The highest BCUT2D eigenvalue weighted by atomic mass is 35.5. The fraction of sp³-hybridized carbons (Fsp3) is 0.529. The van der Waals surface area contributed by atoms with Gasteiger partial charge in [0, 0.05) is 29.3 Å². The fourth-order valence-corrected chi connectivity index (χ4v) is 3.86. The molecule has 4 heteroatoms. The molecule has 2 aliphatic carbocycles. The number of fused-ring (bicyclic) bond motifs is 2. The first kappa shape index (κ1) is 14.6. The van der Waals surface area contributed by atoms with Crippen LogP contribution in [0.25, 0.3) is 0 Å². The Balaban J connectivity index is 1.59. The minimum absolute atomic E-state index is 0.0134. The molecule has 3 nitrogen and oxygen atoms in total. The Kier molecular flexibility index (Phi) is 4.29. The van der Waals surface area contributed by atoms with Gasteiger partial charge in [0.15, 0.2) is 0 Å². The summed E-state index contributed by atoms with van der Waals surface area (Å²) in [5.41, 5.74) is 0.930. The number of carbonyl (C=O) groups excluding carboxylic acids is 2. The standard InChI is InChI=1S/C17H20ClNO2/c18-15-7-2-1-4-13(15)10-19-17(21)14-8-11-5-3-6-12(9-14)16(11)20/h1-2,4,7,11-12,14H,3,5-6,8-10H2,(H,19,21)/t11-,12+,14?. The number of amides is 1. The molecule has 0 spiro atoms. The first-order chi connectivity index (χ1) is 10.1. The molecule has 2 fully saturated rings. The van der Waals surface area contributed by atoms with E-state index in [1.165, 1.54) is 0 Å². The fourth-order valence-electron chi connectivity index (χ4n) is 3.66. The van der Waals surface area contributed by atoms with Gasteiger partial charge in [-0.2, -0.15) is 0 Å². The minimum Gasteiger partial charge on any atom is -0.352 e. The molecule has 3 atom stereocenters. The molecule has 1 N–H and O–H groups in total. The summed E-state index contributed by atoms with van der Waals surface area (Å²) >= 11 is 6.09. The largest absolute Gasteiger partial charge is 0.352 e. The Morgan fingerprint density at radius 3 is 2.52 bits per heavy atom. The lowest BCUT2D eigenvalue weighted by molar-refractivity contribution is -0.137. The minimum atomic E-state index is -0.0134. The highest BCUT2D eigenvalue weighted by Crippen LogP contribution is 2.40. The number of hydrogen-bond donors (Lipinski definition) is 1. The van der Waals surface area contributed by atoms with Gasteiger partial charge < -0.3 is 5.32 Å². The van der Waals surface area contributed by atoms with Crippen molar-refractivity contribution >= 4 is 23.3 Å². The summed E-state index contributed by atoms with van der Waals surface area (Å²) in [4.78, 5) is 24.4. The van der Waals surface area contributed by atoms with Crippen molar-refractivity contribution in [2.45, 2.75) is 38.6 Å². The second-order valence-electron chi connectivity index (χ2n) is 6.20. The molecule has 1 amide bonds. The zero-order valence-electron chi connectivity index (χ0n) is 12.0. The highest BCUT2D eigenvalue weighted by Gasteiger charge is 2.41. The Hall–Kier alpha value is -1.35. The summed E-state index contributed by atoms with van der Waals surface area (Å²) in [6.07, 6.45) is 4.51. The molecule has 2 saturated carbocycles. The predicted molar refractivity (Wildman–Crippen MR) is 81.9 cm³/mol. The lowest BCUT2D eigenvalue weighted by atomic mass is 9.67. The first-order valence-corrected chi connectivity index (χ1v) is 8.08. The molecule has 0 radical (unpaired) electrons. The molecule has 0 aliphatic heterocycles. The van der Waals surface area contributed by atoms with Crippen molar-refractivity contribution < 1.29 is 9.59 Å². The maximum absolute atomic E-state index is 12.4. The molecule has 0 heterocycles. The molecule has 1 unspecified atom stereocenters. The lowest BCUT2D eigenvalue weighted by Crippen LogP contribution is -2.42. The molecule has 3 rings (SSSR count). The van der Waals surface area contributed by atoms with Crippen molar-refractivity contribution in [2.24, 2.45) is 17.8 Å². The summed E-state index contributed by atoms with van der Waals surface area (Å²) in [6.45, 7) is 0.457. The van der Waals surface area contributed by atoms with Crippen LogP contribution in [0.3, 0.4) is 0 Å². The Morgan fingerprint density at radius 2 is 1.86 bits per heavy atom. The summed E-state index contributed by atoms with van der Waals surface area (Å²) in [7, 11) is 0. The number of rotatable bonds is 3. The van der Waals surface area contributed by atoms with E-state index >= 15 is 0 Å². The Bertz CT molecular complexity index is 541. The maximum atomic E-state index is 12.4. The average molecular weight is 306 g/mol. The number of carbonyl (C=O) groups is 2. The van der Waals surface area contributed by atoms with Gasteiger partial charge in [-0.25, -0.2) is 0 Å². The normalized spacial score (nSPS) is 28.2. The molecular weight excluding hydrogens is 286 g/mol. The molecule has 21 heavy (non-hydrogen) atoms. The third kappa shape index (κ3) is 3.13. The van der Waals surface area contributed by atoms with Crippen molar-refractivity contribution in [2.75, 3.05) is 0 Å². The topological polar surface area (TPSA) is 46.2 Å². The number of halogens is 1. The highest BCUT2D eigenvalue weighted by molar-refractivity contribution is 6.31. The van der Waals surface area contributed by atoms with Crippen LogP contribution in [0.4, 0.5) is 0 Å². The summed E-state index contributed by atoms with van der Waals surface area (Å²) in [6, 6.07) is 7.53. The van der Waals surface area contributed by atoms with Gasteiger partial charge in [0.1, 0.15) is 5.78 Å². The molecule has 2 aliphatic rings. The number of ketones is 1. The summed E-state index contributed by atoms with van der Waals surface area (Å²) in [5, 5.41) is 3.65. The van der Waals surface area contributed by atoms with Crippen LogP contribution in [0, 0.1) is 17.8 Å². The van der Waals surface area contributed by atoms with Crippen molar-refractivity contribution in [1.29, 1.82) is 0 Å². The van der Waals surface area contributed by atoms with Crippen LogP contribution in [0.5, 0.6) is 0 Å². The van der Waals surface area contributed by atoms with E-state index < -0.39 is 0 Å². The van der Waals surface area contributed by atoms with Crippen molar-refractivity contribution in [1.82, 2.24) is 5.32 Å². The predicted octanol–water partition coefficient (Wildman–Crippen LogP) is 3.35. The average Bonchev–Trinajstić information content (AvgIpc) is 2.46. The van der Waals surface area contributed by atoms with E-state index in [0.29, 0.717) is 17.4 Å². The van der Waals surface area contributed by atoms with Crippen molar-refractivity contribution in [3.8, 4) is 0 Å². The van der Waals surface area contributed by atoms with E-state index in [2.05, 4.69) is 5.32 Å². The molecule has 2 bridgehead atoms. The van der Waals surface area contributed by atoms with E-state index in [1.54, 1.807) is 0 Å². The van der Waals surface area contributed by atoms with Gasteiger partial charge in [0.25, 0.3) is 0 Å².